The number of nitrogens with one attached hydrogen (secondary N) is 2. The molecule has 0 unspecified atom stereocenters. The lowest BCUT2D eigenvalue weighted by Gasteiger charge is -2.27. The van der Waals surface area contributed by atoms with E-state index in [1.807, 2.05) is 6.07 Å². The van der Waals surface area contributed by atoms with Crippen LogP contribution in [0.25, 0.3) is 6.08 Å². The number of anilines is 1. The van der Waals surface area contributed by atoms with Crippen molar-refractivity contribution in [2.75, 3.05) is 5.32 Å². The van der Waals surface area contributed by atoms with E-state index in [4.69, 9.17) is 9.15 Å². The summed E-state index contributed by atoms with van der Waals surface area (Å²) in [7, 11) is 0. The summed E-state index contributed by atoms with van der Waals surface area (Å²) in [6, 6.07) is 10.7. The van der Waals surface area contributed by atoms with Gasteiger partial charge in [-0.3, -0.25) is 4.79 Å². The van der Waals surface area contributed by atoms with E-state index in [9.17, 15) is 9.59 Å². The molecule has 1 aliphatic heterocycles. The SMILES string of the molecule is C[C@H]1CCc2c(sc3c2C(=O)N[C@H](c2cccc(OC(=O)/C=C/c4ccco4)c2)N3)C1. The van der Waals surface area contributed by atoms with Crippen LogP contribution < -0.4 is 15.4 Å². The second-order valence-corrected chi connectivity index (χ2v) is 9.05. The standard InChI is InChI=1S/C24H22N2O4S/c1-14-7-9-18-19(12-14)31-24-21(18)23(28)25-22(26-24)15-4-2-5-17(13-15)30-20(27)10-8-16-6-3-11-29-16/h2-6,8,10-11,13-14,22,26H,7,9,12H2,1H3,(H,25,28)/b10-8+/t14-,22-/m0/s1. The van der Waals surface area contributed by atoms with Gasteiger partial charge in [0.1, 0.15) is 22.7 Å². The Kier molecular flexibility index (Phi) is 5.11. The van der Waals surface area contributed by atoms with Gasteiger partial charge in [-0.15, -0.1) is 11.3 Å². The Morgan fingerprint density at radius 1 is 1.26 bits per heavy atom. The second kappa shape index (κ2) is 8.07. The molecule has 1 aliphatic carbocycles. The highest BCUT2D eigenvalue weighted by atomic mass is 32.1. The van der Waals surface area contributed by atoms with E-state index in [1.54, 1.807) is 47.7 Å². The number of fused-ring (bicyclic) bond motifs is 3. The summed E-state index contributed by atoms with van der Waals surface area (Å²) in [4.78, 5) is 26.3. The lowest BCUT2D eigenvalue weighted by molar-refractivity contribution is -0.128. The van der Waals surface area contributed by atoms with Gasteiger partial charge in [0.15, 0.2) is 0 Å². The number of amides is 1. The summed E-state index contributed by atoms with van der Waals surface area (Å²) >= 11 is 1.69. The molecule has 0 bridgehead atoms. The van der Waals surface area contributed by atoms with E-state index in [0.717, 1.165) is 35.4 Å². The summed E-state index contributed by atoms with van der Waals surface area (Å²) in [5.74, 6) is 1.09. The van der Waals surface area contributed by atoms with Gasteiger partial charge in [0.05, 0.1) is 11.8 Å². The molecule has 0 saturated carbocycles. The third kappa shape index (κ3) is 4.01. The van der Waals surface area contributed by atoms with Crippen LogP contribution in [0.1, 0.15) is 51.6 Å². The maximum atomic E-state index is 12.9. The van der Waals surface area contributed by atoms with Crippen LogP contribution in [-0.4, -0.2) is 11.9 Å². The summed E-state index contributed by atoms with van der Waals surface area (Å²) < 4.78 is 10.6. The highest BCUT2D eigenvalue weighted by Gasteiger charge is 2.33. The third-order valence-electron chi connectivity index (χ3n) is 5.63. The van der Waals surface area contributed by atoms with Crippen molar-refractivity contribution in [3.8, 4) is 5.75 Å². The molecule has 2 aromatic heterocycles. The fraction of sp³-hybridized carbons (Fsp3) is 0.250. The van der Waals surface area contributed by atoms with Crippen molar-refractivity contribution in [1.82, 2.24) is 5.32 Å². The Labute approximate surface area is 183 Å². The molecule has 2 N–H and O–H groups in total. The Bertz CT molecular complexity index is 1160. The molecule has 0 spiro atoms. The highest BCUT2D eigenvalue weighted by molar-refractivity contribution is 7.16. The predicted octanol–water partition coefficient (Wildman–Crippen LogP) is 4.94. The molecule has 7 heteroatoms. The molecular weight excluding hydrogens is 412 g/mol. The third-order valence-corrected chi connectivity index (χ3v) is 6.81. The lowest BCUT2D eigenvalue weighted by atomic mass is 9.88. The number of rotatable bonds is 4. The number of carbonyl (C=O) groups excluding carboxylic acids is 2. The van der Waals surface area contributed by atoms with Crippen LogP contribution in [-0.2, 0) is 17.6 Å². The van der Waals surface area contributed by atoms with Crippen LogP contribution in [0.4, 0.5) is 5.00 Å². The zero-order chi connectivity index (χ0) is 21.4. The summed E-state index contributed by atoms with van der Waals surface area (Å²) in [6.45, 7) is 2.26. The van der Waals surface area contributed by atoms with Crippen LogP contribution >= 0.6 is 11.3 Å². The van der Waals surface area contributed by atoms with Gasteiger partial charge in [0, 0.05) is 11.0 Å². The minimum absolute atomic E-state index is 0.0467. The number of carbonyl (C=O) groups is 2. The van der Waals surface area contributed by atoms with Crippen molar-refractivity contribution >= 4 is 34.3 Å². The van der Waals surface area contributed by atoms with Crippen LogP contribution in [0.3, 0.4) is 0 Å². The molecule has 0 radical (unpaired) electrons. The van der Waals surface area contributed by atoms with Crippen LogP contribution in [0.15, 0.2) is 53.2 Å². The van der Waals surface area contributed by atoms with Gasteiger partial charge in [-0.2, -0.15) is 0 Å². The first-order chi connectivity index (χ1) is 15.1. The van der Waals surface area contributed by atoms with Gasteiger partial charge >= 0.3 is 5.97 Å². The fourth-order valence-corrected chi connectivity index (χ4v) is 5.51. The molecule has 3 aromatic rings. The van der Waals surface area contributed by atoms with Gasteiger partial charge < -0.3 is 19.8 Å². The normalized spacial score (nSPS) is 20.0. The van der Waals surface area contributed by atoms with Crippen LogP contribution in [0.2, 0.25) is 0 Å². The minimum atomic E-state index is -0.503. The molecule has 31 heavy (non-hydrogen) atoms. The maximum Gasteiger partial charge on any atom is 0.336 e. The Hall–Kier alpha value is -3.32. The molecule has 1 aromatic carbocycles. The van der Waals surface area contributed by atoms with E-state index in [2.05, 4.69) is 17.6 Å². The number of thiophene rings is 1. The highest BCUT2D eigenvalue weighted by Crippen LogP contribution is 2.42. The molecule has 0 fully saturated rings. The quantitative estimate of drug-likeness (QED) is 0.345. The topological polar surface area (TPSA) is 80.6 Å². The first-order valence-corrected chi connectivity index (χ1v) is 11.1. The van der Waals surface area contributed by atoms with Crippen molar-refractivity contribution in [3.63, 3.8) is 0 Å². The molecule has 5 rings (SSSR count). The van der Waals surface area contributed by atoms with Gasteiger partial charge in [-0.05, 0) is 66.6 Å². The number of benzene rings is 1. The number of ether oxygens (including phenoxy) is 1. The van der Waals surface area contributed by atoms with Crippen molar-refractivity contribution in [2.24, 2.45) is 5.92 Å². The van der Waals surface area contributed by atoms with E-state index < -0.39 is 5.97 Å². The molecule has 158 valence electrons. The van der Waals surface area contributed by atoms with E-state index in [-0.39, 0.29) is 12.1 Å². The molecular formula is C24H22N2O4S. The molecule has 3 heterocycles. The smallest absolute Gasteiger partial charge is 0.336 e. The summed E-state index contributed by atoms with van der Waals surface area (Å²) in [6.07, 6.45) is 7.13. The lowest BCUT2D eigenvalue weighted by Crippen LogP contribution is -2.38. The first kappa shape index (κ1) is 19.6. The van der Waals surface area contributed by atoms with E-state index in [1.165, 1.54) is 22.8 Å². The largest absolute Gasteiger partial charge is 0.465 e. The Balaban J connectivity index is 1.32. The first-order valence-electron chi connectivity index (χ1n) is 10.3. The molecule has 6 nitrogen and oxygen atoms in total. The molecule has 0 saturated heterocycles. The average molecular weight is 435 g/mol. The predicted molar refractivity (Wildman–Crippen MR) is 119 cm³/mol. The van der Waals surface area contributed by atoms with Crippen LogP contribution in [0, 0.1) is 5.92 Å². The molecule has 1 amide bonds. The van der Waals surface area contributed by atoms with Gasteiger partial charge in [0.2, 0.25) is 0 Å². The van der Waals surface area contributed by atoms with Crippen molar-refractivity contribution in [2.45, 2.75) is 32.4 Å². The summed E-state index contributed by atoms with van der Waals surface area (Å²) in [5, 5.41) is 7.44. The number of hydrogen-bond acceptors (Lipinski definition) is 6. The van der Waals surface area contributed by atoms with Gasteiger partial charge in [-0.25, -0.2) is 4.79 Å². The van der Waals surface area contributed by atoms with Gasteiger partial charge in [-0.1, -0.05) is 19.1 Å². The maximum absolute atomic E-state index is 12.9. The Morgan fingerprint density at radius 3 is 3.00 bits per heavy atom. The number of furan rings is 1. The van der Waals surface area contributed by atoms with Gasteiger partial charge in [0.25, 0.3) is 5.91 Å². The van der Waals surface area contributed by atoms with E-state index >= 15 is 0 Å². The van der Waals surface area contributed by atoms with Crippen LogP contribution in [0.5, 0.6) is 5.75 Å². The fourth-order valence-electron chi connectivity index (χ4n) is 4.07. The van der Waals surface area contributed by atoms with Crippen molar-refractivity contribution in [3.05, 3.63) is 76.1 Å². The summed E-state index contributed by atoms with van der Waals surface area (Å²) in [5.41, 5.74) is 2.82. The zero-order valence-electron chi connectivity index (χ0n) is 17.0. The Morgan fingerprint density at radius 2 is 2.16 bits per heavy atom. The number of hydrogen-bond donors (Lipinski definition) is 2. The monoisotopic (exact) mass is 434 g/mol. The van der Waals surface area contributed by atoms with Crippen molar-refractivity contribution < 1.29 is 18.7 Å². The van der Waals surface area contributed by atoms with E-state index in [0.29, 0.717) is 17.4 Å². The van der Waals surface area contributed by atoms with Crippen molar-refractivity contribution in [1.29, 1.82) is 0 Å². The minimum Gasteiger partial charge on any atom is -0.465 e. The second-order valence-electron chi connectivity index (χ2n) is 7.95. The molecule has 2 atom stereocenters. The average Bonchev–Trinajstić information content (AvgIpc) is 3.39. The zero-order valence-corrected chi connectivity index (χ0v) is 17.8. The molecule has 2 aliphatic rings. The number of esters is 1.